The van der Waals surface area contributed by atoms with Crippen LogP contribution in [0.3, 0.4) is 0 Å². The average Bonchev–Trinajstić information content (AvgIpc) is 2.52. The molecule has 0 saturated heterocycles. The predicted molar refractivity (Wildman–Crippen MR) is 58.8 cm³/mol. The number of aromatic nitrogens is 2. The van der Waals surface area contributed by atoms with Gasteiger partial charge in [0.05, 0.1) is 10.7 Å². The molecule has 1 N–H and O–H groups in total. The van der Waals surface area contributed by atoms with Crippen molar-refractivity contribution >= 4 is 23.2 Å². The first-order valence-corrected chi connectivity index (χ1v) is 4.90. The van der Waals surface area contributed by atoms with Gasteiger partial charge in [0, 0.05) is 16.8 Å². The fraction of sp³-hybridized carbons (Fsp3) is 0.100. The van der Waals surface area contributed by atoms with Gasteiger partial charge in [-0.1, -0.05) is 23.2 Å². The zero-order valence-electron chi connectivity index (χ0n) is 7.51. The molecule has 4 heteroatoms. The first kappa shape index (κ1) is 9.56. The van der Waals surface area contributed by atoms with Crippen molar-refractivity contribution in [2.24, 2.45) is 0 Å². The van der Waals surface area contributed by atoms with E-state index in [1.807, 2.05) is 19.2 Å². The van der Waals surface area contributed by atoms with Crippen molar-refractivity contribution in [1.82, 2.24) is 10.2 Å². The van der Waals surface area contributed by atoms with E-state index in [0.29, 0.717) is 10.0 Å². The van der Waals surface area contributed by atoms with Crippen LogP contribution in [0.4, 0.5) is 0 Å². The Morgan fingerprint density at radius 2 is 2.07 bits per heavy atom. The third kappa shape index (κ3) is 1.63. The van der Waals surface area contributed by atoms with Gasteiger partial charge in [0.15, 0.2) is 0 Å². The summed E-state index contributed by atoms with van der Waals surface area (Å²) in [4.78, 5) is 0. The van der Waals surface area contributed by atoms with Crippen LogP contribution >= 0.6 is 23.2 Å². The Hall–Kier alpha value is -0.990. The van der Waals surface area contributed by atoms with E-state index >= 15 is 0 Å². The largest absolute Gasteiger partial charge is 0.285 e. The Morgan fingerprint density at radius 3 is 2.64 bits per heavy atom. The maximum Gasteiger partial charge on any atom is 0.0964 e. The van der Waals surface area contributed by atoms with Gasteiger partial charge in [-0.2, -0.15) is 5.10 Å². The molecule has 2 rings (SSSR count). The molecule has 0 fully saturated rings. The molecule has 0 aliphatic rings. The van der Waals surface area contributed by atoms with Crippen molar-refractivity contribution in [2.45, 2.75) is 6.92 Å². The number of hydrogen-bond donors (Lipinski definition) is 1. The van der Waals surface area contributed by atoms with Crippen molar-refractivity contribution < 1.29 is 0 Å². The highest BCUT2D eigenvalue weighted by Gasteiger charge is 2.08. The molecule has 1 aromatic heterocycles. The van der Waals surface area contributed by atoms with Gasteiger partial charge in [-0.15, -0.1) is 0 Å². The van der Waals surface area contributed by atoms with Gasteiger partial charge in [-0.05, 0) is 30.7 Å². The molecule has 72 valence electrons. The van der Waals surface area contributed by atoms with E-state index in [1.54, 1.807) is 12.1 Å². The summed E-state index contributed by atoms with van der Waals surface area (Å²) in [6.07, 6.45) is 1.83. The Morgan fingerprint density at radius 1 is 1.29 bits per heavy atom. The van der Waals surface area contributed by atoms with Crippen molar-refractivity contribution in [3.8, 4) is 11.3 Å². The molecule has 1 aromatic carbocycles. The first-order chi connectivity index (χ1) is 6.68. The van der Waals surface area contributed by atoms with Crippen LogP contribution in [0, 0.1) is 6.92 Å². The fourth-order valence-electron chi connectivity index (χ4n) is 1.30. The van der Waals surface area contributed by atoms with Gasteiger partial charge in [0.25, 0.3) is 0 Å². The number of nitrogens with one attached hydrogen (secondary N) is 1. The van der Waals surface area contributed by atoms with Crippen molar-refractivity contribution in [3.05, 3.63) is 40.0 Å². The molecular weight excluding hydrogens is 219 g/mol. The lowest BCUT2D eigenvalue weighted by Gasteiger charge is -2.01. The van der Waals surface area contributed by atoms with Crippen LogP contribution in [-0.2, 0) is 0 Å². The number of aryl methyl sites for hydroxylation is 1. The molecule has 0 spiro atoms. The van der Waals surface area contributed by atoms with Gasteiger partial charge >= 0.3 is 0 Å². The number of benzene rings is 1. The number of hydrogen-bond acceptors (Lipinski definition) is 1. The lowest BCUT2D eigenvalue weighted by atomic mass is 10.1. The molecule has 2 aromatic rings. The van der Waals surface area contributed by atoms with Gasteiger partial charge in [0.1, 0.15) is 0 Å². The Kier molecular flexibility index (Phi) is 2.48. The molecule has 0 atom stereocenters. The monoisotopic (exact) mass is 226 g/mol. The zero-order valence-corrected chi connectivity index (χ0v) is 9.02. The second-order valence-corrected chi connectivity index (χ2v) is 3.88. The average molecular weight is 227 g/mol. The summed E-state index contributed by atoms with van der Waals surface area (Å²) in [5, 5.41) is 8.17. The highest BCUT2D eigenvalue weighted by molar-refractivity contribution is 6.36. The minimum absolute atomic E-state index is 0.618. The van der Waals surface area contributed by atoms with E-state index in [1.165, 1.54) is 0 Å². The molecule has 2 nitrogen and oxygen atoms in total. The molecule has 0 aliphatic heterocycles. The summed E-state index contributed by atoms with van der Waals surface area (Å²) in [6, 6.07) is 5.39. The first-order valence-electron chi connectivity index (χ1n) is 4.14. The van der Waals surface area contributed by atoms with Crippen LogP contribution in [0.2, 0.25) is 10.0 Å². The summed E-state index contributed by atoms with van der Waals surface area (Å²) in [6.45, 7) is 1.98. The topological polar surface area (TPSA) is 28.7 Å². The molecule has 0 amide bonds. The molecule has 0 unspecified atom stereocenters. The van der Waals surface area contributed by atoms with E-state index in [2.05, 4.69) is 10.2 Å². The number of rotatable bonds is 1. The zero-order chi connectivity index (χ0) is 10.1. The van der Waals surface area contributed by atoms with Crippen LogP contribution < -0.4 is 0 Å². The second kappa shape index (κ2) is 3.64. The minimum Gasteiger partial charge on any atom is -0.285 e. The van der Waals surface area contributed by atoms with Crippen LogP contribution in [-0.4, -0.2) is 10.2 Å². The highest BCUT2D eigenvalue weighted by atomic mass is 35.5. The van der Waals surface area contributed by atoms with Gasteiger partial charge < -0.3 is 0 Å². The van der Waals surface area contributed by atoms with E-state index in [-0.39, 0.29) is 0 Å². The van der Waals surface area contributed by atoms with Crippen LogP contribution in [0.15, 0.2) is 24.4 Å². The van der Waals surface area contributed by atoms with Crippen molar-refractivity contribution in [1.29, 1.82) is 0 Å². The maximum absolute atomic E-state index is 6.05. The molecule has 0 bridgehead atoms. The predicted octanol–water partition coefficient (Wildman–Crippen LogP) is 3.69. The van der Waals surface area contributed by atoms with E-state index in [4.69, 9.17) is 23.2 Å². The summed E-state index contributed by atoms with van der Waals surface area (Å²) < 4.78 is 0. The fourth-order valence-corrected chi connectivity index (χ4v) is 1.80. The van der Waals surface area contributed by atoms with E-state index in [9.17, 15) is 0 Å². The molecule has 0 radical (unpaired) electrons. The number of aromatic amines is 1. The summed E-state index contributed by atoms with van der Waals surface area (Å²) in [5.74, 6) is 0. The minimum atomic E-state index is 0.618. The SMILES string of the molecule is Cc1c[nH]nc1-c1ccc(Cl)cc1Cl. The normalized spacial score (nSPS) is 10.5. The summed E-state index contributed by atoms with van der Waals surface area (Å²) in [7, 11) is 0. The Bertz CT molecular complexity index is 463. The number of nitrogens with zero attached hydrogens (tertiary/aromatic N) is 1. The third-order valence-electron chi connectivity index (χ3n) is 2.02. The number of halogens is 2. The van der Waals surface area contributed by atoms with Crippen LogP contribution in [0.25, 0.3) is 11.3 Å². The van der Waals surface area contributed by atoms with E-state index in [0.717, 1.165) is 16.8 Å². The molecule has 0 aliphatic carbocycles. The van der Waals surface area contributed by atoms with Crippen molar-refractivity contribution in [2.75, 3.05) is 0 Å². The molecule has 0 saturated carbocycles. The molecular formula is C10H8Cl2N2. The second-order valence-electron chi connectivity index (χ2n) is 3.04. The lowest BCUT2D eigenvalue weighted by Crippen LogP contribution is -1.82. The third-order valence-corrected chi connectivity index (χ3v) is 2.56. The van der Waals surface area contributed by atoms with Gasteiger partial charge in [0.2, 0.25) is 0 Å². The van der Waals surface area contributed by atoms with Gasteiger partial charge in [-0.25, -0.2) is 0 Å². The summed E-state index contributed by atoms with van der Waals surface area (Å²) in [5.41, 5.74) is 2.83. The Labute approximate surface area is 91.9 Å². The lowest BCUT2D eigenvalue weighted by molar-refractivity contribution is 1.10. The van der Waals surface area contributed by atoms with Crippen molar-refractivity contribution in [3.63, 3.8) is 0 Å². The Balaban J connectivity index is 2.58. The van der Waals surface area contributed by atoms with Gasteiger partial charge in [-0.3, -0.25) is 5.10 Å². The standard InChI is InChI=1S/C10H8Cl2N2/c1-6-5-13-14-10(6)8-3-2-7(11)4-9(8)12/h2-5H,1H3,(H,13,14). The maximum atomic E-state index is 6.05. The van der Waals surface area contributed by atoms with Crippen LogP contribution in [0.5, 0.6) is 0 Å². The molecule has 14 heavy (non-hydrogen) atoms. The van der Waals surface area contributed by atoms with Crippen LogP contribution in [0.1, 0.15) is 5.56 Å². The van der Waals surface area contributed by atoms with E-state index < -0.39 is 0 Å². The molecule has 1 heterocycles. The smallest absolute Gasteiger partial charge is 0.0964 e. The highest BCUT2D eigenvalue weighted by Crippen LogP contribution is 2.30. The quantitative estimate of drug-likeness (QED) is 0.790. The number of H-pyrrole nitrogens is 1. The summed E-state index contributed by atoms with van der Waals surface area (Å²) >= 11 is 11.9.